The van der Waals surface area contributed by atoms with Crippen molar-refractivity contribution in [3.8, 4) is 0 Å². The summed E-state index contributed by atoms with van der Waals surface area (Å²) in [7, 11) is 0. The van der Waals surface area contributed by atoms with Crippen molar-refractivity contribution in [1.29, 1.82) is 0 Å². The number of rotatable bonds is 2. The number of anilines is 1. The van der Waals surface area contributed by atoms with Crippen LogP contribution >= 0.6 is 22.6 Å². The van der Waals surface area contributed by atoms with Crippen LogP contribution in [0, 0.1) is 15.4 Å². The highest BCUT2D eigenvalue weighted by atomic mass is 127. The van der Waals surface area contributed by atoms with Crippen molar-refractivity contribution >= 4 is 28.4 Å². The van der Waals surface area contributed by atoms with Crippen LogP contribution in [-0.2, 0) is 0 Å². The summed E-state index contributed by atoms with van der Waals surface area (Å²) in [6.07, 6.45) is 6.02. The van der Waals surface area contributed by atoms with Crippen LogP contribution in [0.1, 0.15) is 26.7 Å². The molecular formula is C11H16IN3. The van der Waals surface area contributed by atoms with Gasteiger partial charge in [0.2, 0.25) is 0 Å². The lowest BCUT2D eigenvalue weighted by Crippen LogP contribution is -2.25. The Morgan fingerprint density at radius 1 is 1.40 bits per heavy atom. The van der Waals surface area contributed by atoms with Gasteiger partial charge in [-0.1, -0.05) is 13.8 Å². The Bertz CT molecular complexity index is 342. The molecule has 0 aliphatic heterocycles. The van der Waals surface area contributed by atoms with Gasteiger partial charge in [0.1, 0.15) is 12.1 Å². The normalized spacial score (nSPS) is 30.5. The Kier molecular flexibility index (Phi) is 3.43. The van der Waals surface area contributed by atoms with E-state index in [1.807, 2.05) is 6.20 Å². The molecule has 1 N–H and O–H groups in total. The van der Waals surface area contributed by atoms with E-state index in [-0.39, 0.29) is 0 Å². The standard InChI is InChI=1S/C11H16IN3/c1-7-3-4-10(8(7)2)15-11-9(12)5-13-6-14-11/h5-8,10H,3-4H2,1-2H3,(H,13,14,15). The summed E-state index contributed by atoms with van der Waals surface area (Å²) in [6.45, 7) is 4.65. The Balaban J connectivity index is 2.07. The first-order chi connectivity index (χ1) is 7.18. The summed E-state index contributed by atoms with van der Waals surface area (Å²) in [5.41, 5.74) is 0. The Morgan fingerprint density at radius 2 is 2.20 bits per heavy atom. The molecule has 1 saturated carbocycles. The quantitative estimate of drug-likeness (QED) is 0.852. The Hall–Kier alpha value is -0.390. The summed E-state index contributed by atoms with van der Waals surface area (Å²) in [5.74, 6) is 2.54. The van der Waals surface area contributed by atoms with Crippen molar-refractivity contribution < 1.29 is 0 Å². The van der Waals surface area contributed by atoms with Gasteiger partial charge in [-0.05, 0) is 47.3 Å². The van der Waals surface area contributed by atoms with Crippen LogP contribution in [0.3, 0.4) is 0 Å². The van der Waals surface area contributed by atoms with Crippen LogP contribution in [0.2, 0.25) is 0 Å². The van der Waals surface area contributed by atoms with Gasteiger partial charge in [0, 0.05) is 12.2 Å². The number of hydrogen-bond donors (Lipinski definition) is 1. The fourth-order valence-corrected chi connectivity index (χ4v) is 2.62. The minimum absolute atomic E-state index is 0.573. The number of halogens is 1. The molecule has 4 heteroatoms. The molecule has 0 spiro atoms. The molecule has 0 amide bonds. The van der Waals surface area contributed by atoms with Gasteiger partial charge in [-0.2, -0.15) is 0 Å². The lowest BCUT2D eigenvalue weighted by atomic mass is 9.98. The van der Waals surface area contributed by atoms with Gasteiger partial charge in [0.25, 0.3) is 0 Å². The minimum atomic E-state index is 0.573. The molecule has 0 radical (unpaired) electrons. The molecule has 0 aromatic carbocycles. The predicted molar refractivity (Wildman–Crippen MR) is 69.7 cm³/mol. The third kappa shape index (κ3) is 2.41. The first-order valence-electron chi connectivity index (χ1n) is 5.40. The smallest absolute Gasteiger partial charge is 0.143 e. The van der Waals surface area contributed by atoms with Crippen LogP contribution < -0.4 is 5.32 Å². The monoisotopic (exact) mass is 317 g/mol. The van der Waals surface area contributed by atoms with Crippen molar-refractivity contribution in [2.75, 3.05) is 5.32 Å². The van der Waals surface area contributed by atoms with Crippen LogP contribution in [0.4, 0.5) is 5.82 Å². The van der Waals surface area contributed by atoms with Gasteiger partial charge >= 0.3 is 0 Å². The Morgan fingerprint density at radius 3 is 2.80 bits per heavy atom. The van der Waals surface area contributed by atoms with Crippen molar-refractivity contribution in [2.45, 2.75) is 32.7 Å². The Labute approximate surface area is 104 Å². The first-order valence-corrected chi connectivity index (χ1v) is 6.48. The van der Waals surface area contributed by atoms with E-state index < -0.39 is 0 Å². The largest absolute Gasteiger partial charge is 0.366 e. The van der Waals surface area contributed by atoms with Gasteiger partial charge in [-0.25, -0.2) is 9.97 Å². The van der Waals surface area contributed by atoms with E-state index in [9.17, 15) is 0 Å². The molecule has 3 nitrogen and oxygen atoms in total. The van der Waals surface area contributed by atoms with E-state index in [2.05, 4.69) is 51.7 Å². The highest BCUT2D eigenvalue weighted by molar-refractivity contribution is 14.1. The van der Waals surface area contributed by atoms with E-state index in [1.54, 1.807) is 6.33 Å². The molecule has 3 unspecified atom stereocenters. The molecule has 0 bridgehead atoms. The molecule has 1 heterocycles. The number of nitrogens with one attached hydrogen (secondary N) is 1. The van der Waals surface area contributed by atoms with Gasteiger partial charge in [-0.3, -0.25) is 0 Å². The first kappa shape index (κ1) is 11.1. The second-order valence-electron chi connectivity index (χ2n) is 4.38. The molecule has 1 aliphatic rings. The van der Waals surface area contributed by atoms with Crippen LogP contribution in [0.15, 0.2) is 12.5 Å². The molecule has 2 rings (SSSR count). The topological polar surface area (TPSA) is 37.8 Å². The summed E-state index contributed by atoms with van der Waals surface area (Å²) < 4.78 is 1.10. The molecule has 1 aromatic rings. The van der Waals surface area contributed by atoms with Crippen LogP contribution in [0.25, 0.3) is 0 Å². The number of aromatic nitrogens is 2. The second kappa shape index (κ2) is 4.63. The van der Waals surface area contributed by atoms with Gasteiger partial charge < -0.3 is 5.32 Å². The van der Waals surface area contributed by atoms with Crippen LogP contribution in [-0.4, -0.2) is 16.0 Å². The van der Waals surface area contributed by atoms with Crippen LogP contribution in [0.5, 0.6) is 0 Å². The molecule has 3 atom stereocenters. The fourth-order valence-electron chi connectivity index (χ4n) is 2.16. The maximum atomic E-state index is 4.27. The maximum absolute atomic E-state index is 4.27. The fraction of sp³-hybridized carbons (Fsp3) is 0.636. The van der Waals surface area contributed by atoms with Crippen molar-refractivity contribution in [3.63, 3.8) is 0 Å². The summed E-state index contributed by atoms with van der Waals surface area (Å²) in [4.78, 5) is 8.27. The van der Waals surface area contributed by atoms with Gasteiger partial charge in [0.05, 0.1) is 3.57 Å². The van der Waals surface area contributed by atoms with E-state index >= 15 is 0 Å². The third-order valence-corrected chi connectivity index (χ3v) is 4.24. The summed E-state index contributed by atoms with van der Waals surface area (Å²) >= 11 is 2.27. The summed E-state index contributed by atoms with van der Waals surface area (Å²) in [6, 6.07) is 0.573. The SMILES string of the molecule is CC1CCC(Nc2ncncc2I)C1C. The summed E-state index contributed by atoms with van der Waals surface area (Å²) in [5, 5.41) is 3.53. The van der Waals surface area contributed by atoms with Crippen molar-refractivity contribution in [3.05, 3.63) is 16.1 Å². The average molecular weight is 317 g/mol. The molecular weight excluding hydrogens is 301 g/mol. The zero-order valence-electron chi connectivity index (χ0n) is 9.07. The lowest BCUT2D eigenvalue weighted by Gasteiger charge is -2.20. The third-order valence-electron chi connectivity index (χ3n) is 3.45. The lowest BCUT2D eigenvalue weighted by molar-refractivity contribution is 0.435. The number of hydrogen-bond acceptors (Lipinski definition) is 3. The molecule has 82 valence electrons. The van der Waals surface area contributed by atoms with Crippen molar-refractivity contribution in [1.82, 2.24) is 9.97 Å². The molecule has 15 heavy (non-hydrogen) atoms. The molecule has 1 aromatic heterocycles. The van der Waals surface area contributed by atoms with Gasteiger partial charge in [0.15, 0.2) is 0 Å². The average Bonchev–Trinajstić information content (AvgIpc) is 2.53. The highest BCUT2D eigenvalue weighted by Gasteiger charge is 2.29. The zero-order valence-corrected chi connectivity index (χ0v) is 11.2. The molecule has 0 saturated heterocycles. The minimum Gasteiger partial charge on any atom is -0.366 e. The van der Waals surface area contributed by atoms with E-state index in [1.165, 1.54) is 12.8 Å². The van der Waals surface area contributed by atoms with Gasteiger partial charge in [-0.15, -0.1) is 0 Å². The van der Waals surface area contributed by atoms with E-state index in [4.69, 9.17) is 0 Å². The number of nitrogens with zero attached hydrogens (tertiary/aromatic N) is 2. The second-order valence-corrected chi connectivity index (χ2v) is 5.55. The molecule has 1 aliphatic carbocycles. The zero-order chi connectivity index (χ0) is 10.8. The predicted octanol–water partition coefficient (Wildman–Crippen LogP) is 2.93. The maximum Gasteiger partial charge on any atom is 0.143 e. The van der Waals surface area contributed by atoms with E-state index in [0.717, 1.165) is 21.2 Å². The highest BCUT2D eigenvalue weighted by Crippen LogP contribution is 2.33. The molecule has 1 fully saturated rings. The van der Waals surface area contributed by atoms with Crippen molar-refractivity contribution in [2.24, 2.45) is 11.8 Å². The van der Waals surface area contributed by atoms with E-state index in [0.29, 0.717) is 6.04 Å².